The largest absolute Gasteiger partial charge is 0.368 e. The number of hydrogen-bond acceptors (Lipinski definition) is 4. The first kappa shape index (κ1) is 11.3. The molecule has 88 valence electrons. The van der Waals surface area contributed by atoms with Crippen LogP contribution in [0, 0.1) is 0 Å². The van der Waals surface area contributed by atoms with Gasteiger partial charge in [-0.25, -0.2) is 0 Å². The molecule has 5 heteroatoms. The molecule has 0 fully saturated rings. The molecule has 0 aliphatic carbocycles. The summed E-state index contributed by atoms with van der Waals surface area (Å²) in [6, 6.07) is 7.58. The number of aromatic amines is 1. The number of Topliss-reactive ketones (excluding diaryl/α,β-unsaturated/α-hetero) is 1. The van der Waals surface area contributed by atoms with Crippen molar-refractivity contribution < 1.29 is 4.79 Å². The average Bonchev–Trinajstić information content (AvgIpc) is 2.83. The van der Waals surface area contributed by atoms with Gasteiger partial charge in [0.05, 0.1) is 5.69 Å². The lowest BCUT2D eigenvalue weighted by Gasteiger charge is -2.03. The van der Waals surface area contributed by atoms with E-state index in [0.717, 1.165) is 11.4 Å². The third kappa shape index (κ3) is 3.14. The molecule has 5 nitrogen and oxygen atoms in total. The van der Waals surface area contributed by atoms with Crippen LogP contribution in [0.3, 0.4) is 0 Å². The van der Waals surface area contributed by atoms with E-state index in [1.54, 1.807) is 6.92 Å². The number of nitrogens with zero attached hydrogens (tertiary/aromatic N) is 2. The second-order valence-electron chi connectivity index (χ2n) is 3.77. The van der Waals surface area contributed by atoms with E-state index in [9.17, 15) is 4.79 Å². The minimum Gasteiger partial charge on any atom is -0.368 e. The quantitative estimate of drug-likeness (QED) is 0.822. The van der Waals surface area contributed by atoms with E-state index >= 15 is 0 Å². The number of carbonyl (C=O) groups is 1. The van der Waals surface area contributed by atoms with Gasteiger partial charge >= 0.3 is 0 Å². The monoisotopic (exact) mass is 230 g/mol. The molecule has 0 amide bonds. The Labute approximate surface area is 99.3 Å². The molecule has 0 saturated carbocycles. The number of H-pyrrole nitrogens is 1. The molecule has 0 radical (unpaired) electrons. The summed E-state index contributed by atoms with van der Waals surface area (Å²) in [5.74, 6) is 0.843. The van der Waals surface area contributed by atoms with Gasteiger partial charge in [-0.15, -0.1) is 10.2 Å². The highest BCUT2D eigenvalue weighted by atomic mass is 16.1. The molecule has 0 aliphatic rings. The molecule has 0 unspecified atom stereocenters. The number of hydrogen-bond donors (Lipinski definition) is 2. The third-order valence-corrected chi connectivity index (χ3v) is 2.32. The van der Waals surface area contributed by atoms with Crippen molar-refractivity contribution in [2.45, 2.75) is 13.3 Å². The van der Waals surface area contributed by atoms with Crippen LogP contribution in [0.15, 0.2) is 30.5 Å². The predicted molar refractivity (Wildman–Crippen MR) is 65.6 cm³/mol. The van der Waals surface area contributed by atoms with E-state index in [1.165, 1.54) is 0 Å². The fourth-order valence-corrected chi connectivity index (χ4v) is 1.43. The number of rotatable bonds is 5. The summed E-state index contributed by atoms with van der Waals surface area (Å²) in [6.45, 7) is 2.16. The van der Waals surface area contributed by atoms with Crippen LogP contribution in [0.1, 0.15) is 13.3 Å². The molecule has 0 aromatic carbocycles. The normalized spacial score (nSPS) is 10.2. The highest BCUT2D eigenvalue weighted by Gasteiger charge is 2.01. The molecule has 0 saturated heterocycles. The van der Waals surface area contributed by atoms with Crippen molar-refractivity contribution in [3.63, 3.8) is 0 Å². The Hall–Kier alpha value is -2.17. The number of carbonyl (C=O) groups excluding carboxylic acids is 1. The van der Waals surface area contributed by atoms with E-state index < -0.39 is 0 Å². The second kappa shape index (κ2) is 5.25. The lowest BCUT2D eigenvalue weighted by molar-refractivity contribution is -0.116. The predicted octanol–water partition coefficient (Wildman–Crippen LogP) is 1.86. The smallest absolute Gasteiger partial charge is 0.148 e. The van der Waals surface area contributed by atoms with Gasteiger partial charge in [-0.05, 0) is 31.2 Å². The summed E-state index contributed by atoms with van der Waals surface area (Å²) in [7, 11) is 0. The molecule has 2 aromatic rings. The molecular weight excluding hydrogens is 216 g/mol. The zero-order valence-corrected chi connectivity index (χ0v) is 9.60. The van der Waals surface area contributed by atoms with Gasteiger partial charge in [-0.1, -0.05) is 0 Å². The Morgan fingerprint density at radius 2 is 2.24 bits per heavy atom. The number of nitrogens with one attached hydrogen (secondary N) is 2. The van der Waals surface area contributed by atoms with Crippen molar-refractivity contribution in [1.82, 2.24) is 15.2 Å². The van der Waals surface area contributed by atoms with Crippen molar-refractivity contribution in [2.24, 2.45) is 0 Å². The van der Waals surface area contributed by atoms with Crippen molar-refractivity contribution in [3.05, 3.63) is 30.5 Å². The van der Waals surface area contributed by atoms with E-state index in [0.29, 0.717) is 18.8 Å². The Morgan fingerprint density at radius 1 is 1.35 bits per heavy atom. The Bertz CT molecular complexity index is 476. The molecule has 2 aromatic heterocycles. The number of aromatic nitrogens is 3. The number of anilines is 1. The van der Waals surface area contributed by atoms with Gasteiger partial charge in [-0.3, -0.25) is 4.79 Å². The van der Waals surface area contributed by atoms with Crippen LogP contribution in [0.5, 0.6) is 0 Å². The maximum Gasteiger partial charge on any atom is 0.148 e. The molecule has 0 aliphatic heterocycles. The Kier molecular flexibility index (Phi) is 3.49. The summed E-state index contributed by atoms with van der Waals surface area (Å²) in [4.78, 5) is 13.8. The second-order valence-corrected chi connectivity index (χ2v) is 3.77. The van der Waals surface area contributed by atoms with Crippen LogP contribution in [0.25, 0.3) is 11.4 Å². The van der Waals surface area contributed by atoms with Gasteiger partial charge in [0.25, 0.3) is 0 Å². The van der Waals surface area contributed by atoms with Crippen molar-refractivity contribution in [1.29, 1.82) is 0 Å². The summed E-state index contributed by atoms with van der Waals surface area (Å²) in [6.07, 6.45) is 2.34. The number of ketones is 1. The summed E-state index contributed by atoms with van der Waals surface area (Å²) in [5, 5.41) is 11.2. The first-order valence-electron chi connectivity index (χ1n) is 5.46. The van der Waals surface area contributed by atoms with E-state index in [4.69, 9.17) is 0 Å². The Morgan fingerprint density at radius 3 is 2.82 bits per heavy atom. The zero-order valence-electron chi connectivity index (χ0n) is 9.60. The molecule has 0 atom stereocenters. The lowest BCUT2D eigenvalue weighted by atomic mass is 10.3. The fraction of sp³-hybridized carbons (Fsp3) is 0.250. The van der Waals surface area contributed by atoms with Gasteiger partial charge in [0.2, 0.25) is 0 Å². The third-order valence-electron chi connectivity index (χ3n) is 2.32. The maximum absolute atomic E-state index is 10.8. The van der Waals surface area contributed by atoms with Crippen molar-refractivity contribution in [3.8, 4) is 11.4 Å². The highest BCUT2D eigenvalue weighted by molar-refractivity contribution is 5.75. The first-order valence-corrected chi connectivity index (χ1v) is 5.46. The molecule has 2 rings (SSSR count). The lowest BCUT2D eigenvalue weighted by Crippen LogP contribution is -2.07. The zero-order chi connectivity index (χ0) is 12.1. The highest BCUT2D eigenvalue weighted by Crippen LogP contribution is 2.13. The van der Waals surface area contributed by atoms with Crippen LogP contribution in [0.2, 0.25) is 0 Å². The van der Waals surface area contributed by atoms with Crippen LogP contribution < -0.4 is 5.32 Å². The van der Waals surface area contributed by atoms with Crippen molar-refractivity contribution in [2.75, 3.05) is 11.9 Å². The van der Waals surface area contributed by atoms with Crippen LogP contribution in [-0.2, 0) is 4.79 Å². The van der Waals surface area contributed by atoms with E-state index in [-0.39, 0.29) is 5.78 Å². The summed E-state index contributed by atoms with van der Waals surface area (Å²) >= 11 is 0. The van der Waals surface area contributed by atoms with Crippen LogP contribution in [-0.4, -0.2) is 27.5 Å². The summed E-state index contributed by atoms with van der Waals surface area (Å²) < 4.78 is 0. The van der Waals surface area contributed by atoms with Crippen LogP contribution >= 0.6 is 0 Å². The van der Waals surface area contributed by atoms with Gasteiger partial charge in [0.1, 0.15) is 17.3 Å². The van der Waals surface area contributed by atoms with Gasteiger partial charge < -0.3 is 10.3 Å². The Balaban J connectivity index is 1.96. The van der Waals surface area contributed by atoms with E-state index in [2.05, 4.69) is 20.5 Å². The fourth-order valence-electron chi connectivity index (χ4n) is 1.43. The minimum atomic E-state index is 0.161. The van der Waals surface area contributed by atoms with Gasteiger partial charge in [-0.2, -0.15) is 0 Å². The molecule has 2 N–H and O–H groups in total. The molecule has 0 spiro atoms. The molecular formula is C12H14N4O. The van der Waals surface area contributed by atoms with Crippen molar-refractivity contribution >= 4 is 11.6 Å². The first-order chi connectivity index (χ1) is 8.25. The SMILES string of the molecule is CC(=O)CCNc1ccc(-c2ccc[nH]2)nn1. The molecule has 17 heavy (non-hydrogen) atoms. The molecule has 2 heterocycles. The topological polar surface area (TPSA) is 70.7 Å². The molecule has 0 bridgehead atoms. The average molecular weight is 230 g/mol. The summed E-state index contributed by atoms with van der Waals surface area (Å²) in [5.41, 5.74) is 1.74. The van der Waals surface area contributed by atoms with Crippen LogP contribution in [0.4, 0.5) is 5.82 Å². The minimum absolute atomic E-state index is 0.161. The van der Waals surface area contributed by atoms with E-state index in [1.807, 2.05) is 30.5 Å². The van der Waals surface area contributed by atoms with Gasteiger partial charge in [0, 0.05) is 19.2 Å². The maximum atomic E-state index is 10.8. The standard InChI is InChI=1S/C12H14N4O/c1-9(17)6-8-14-12-5-4-11(15-16-12)10-3-2-7-13-10/h2-5,7,13H,6,8H2,1H3,(H,14,16). The van der Waals surface area contributed by atoms with Gasteiger partial charge in [0.15, 0.2) is 0 Å².